The van der Waals surface area contributed by atoms with Crippen molar-refractivity contribution in [3.63, 3.8) is 0 Å². The summed E-state index contributed by atoms with van der Waals surface area (Å²) in [4.78, 5) is 77.3. The predicted molar refractivity (Wildman–Crippen MR) is 247 cm³/mol. The van der Waals surface area contributed by atoms with Crippen LogP contribution in [0.15, 0.2) is 34.3 Å². The third-order valence-electron chi connectivity index (χ3n) is 7.68. The van der Waals surface area contributed by atoms with Crippen LogP contribution < -0.4 is 15.4 Å². The number of guanidine groups is 2. The molecule has 0 aliphatic carbocycles. The summed E-state index contributed by atoms with van der Waals surface area (Å²) in [5.74, 6) is 0.216. The Morgan fingerprint density at radius 3 is 1.39 bits per heavy atom. The minimum Gasteiger partial charge on any atom is -0.494 e. The number of hydrogen-bond acceptors (Lipinski definition) is 13. The van der Waals surface area contributed by atoms with Gasteiger partial charge in [0.25, 0.3) is 0 Å². The summed E-state index contributed by atoms with van der Waals surface area (Å²) in [5, 5.41) is 12.8. The smallest absolute Gasteiger partial charge is 0.437 e. The number of benzene rings is 1. The normalized spacial score (nSPS) is 12.3. The number of carbonyl (C=O) groups excluding carboxylic acids is 5. The van der Waals surface area contributed by atoms with Crippen LogP contribution in [0, 0.1) is 5.41 Å². The summed E-state index contributed by atoms with van der Waals surface area (Å²) in [7, 11) is 0. The van der Waals surface area contributed by atoms with Crippen molar-refractivity contribution in [2.75, 3.05) is 26.2 Å². The van der Waals surface area contributed by atoms with Gasteiger partial charge < -0.3 is 33.8 Å². The van der Waals surface area contributed by atoms with E-state index in [2.05, 4.69) is 20.6 Å². The summed E-state index contributed by atoms with van der Waals surface area (Å²) in [5.41, 5.74) is -3.13. The summed E-state index contributed by atoms with van der Waals surface area (Å²) in [6, 6.07) is 7.18. The number of nitrogens with one attached hydrogen (secondary N) is 3. The van der Waals surface area contributed by atoms with Crippen molar-refractivity contribution in [3.05, 3.63) is 29.8 Å². The van der Waals surface area contributed by atoms with Gasteiger partial charge in [0.15, 0.2) is 0 Å². The molecule has 18 nitrogen and oxygen atoms in total. The molecule has 362 valence electrons. The first-order valence-electron chi connectivity index (χ1n) is 21.9. The minimum absolute atomic E-state index is 0.000781. The molecule has 0 aromatic heterocycles. The van der Waals surface area contributed by atoms with Gasteiger partial charge in [0.1, 0.15) is 33.8 Å². The van der Waals surface area contributed by atoms with Gasteiger partial charge in [-0.3, -0.25) is 15.6 Å². The molecule has 0 atom stereocenters. The Labute approximate surface area is 381 Å². The molecule has 0 fully saturated rings. The summed E-state index contributed by atoms with van der Waals surface area (Å²) < 4.78 is 33.7. The first-order valence-corrected chi connectivity index (χ1v) is 21.9. The van der Waals surface area contributed by atoms with E-state index in [4.69, 9.17) is 33.8 Å². The van der Waals surface area contributed by atoms with E-state index < -0.39 is 58.5 Å². The standard InChI is InChI=1S/C46H77N7O11/c1-32(47)33-24-26-34(27-25-33)59-31-23-22-30-53(41(58)64-46(14,15)16)36(51-39(56)62-44(8,9)10)52(40(57)63-45(11,12)13)29-21-19-17-18-20-28-48-35(49-37(54)60-42(2,3)4)50-38(55)61-43(5,6)7/h24-27,47H,17-23,28-31H2,1-16H3,(H2,48,49,50,54,55). The zero-order valence-electron chi connectivity index (χ0n) is 41.4. The fraction of sp³-hybridized carbons (Fsp3) is 0.696. The summed E-state index contributed by atoms with van der Waals surface area (Å²) in [6.45, 7) is 27.8. The molecule has 0 saturated heterocycles. The highest BCUT2D eigenvalue weighted by atomic mass is 16.6. The molecule has 0 heterocycles. The Morgan fingerprint density at radius 2 is 0.969 bits per heavy atom. The van der Waals surface area contributed by atoms with Crippen LogP contribution in [0.25, 0.3) is 0 Å². The number of alkyl carbamates (subject to hydrolysis) is 2. The number of carbonyl (C=O) groups is 5. The summed E-state index contributed by atoms with van der Waals surface area (Å²) >= 11 is 0. The van der Waals surface area contributed by atoms with Gasteiger partial charge in [0, 0.05) is 25.3 Å². The molecule has 0 radical (unpaired) electrons. The van der Waals surface area contributed by atoms with Gasteiger partial charge in [0.05, 0.1) is 6.61 Å². The molecule has 18 heteroatoms. The largest absolute Gasteiger partial charge is 0.494 e. The number of rotatable bonds is 15. The van der Waals surface area contributed by atoms with E-state index in [9.17, 15) is 24.0 Å². The minimum atomic E-state index is -1.02. The molecule has 0 spiro atoms. The molecule has 1 rings (SSSR count). The van der Waals surface area contributed by atoms with E-state index >= 15 is 0 Å². The molecule has 5 amide bonds. The number of aliphatic imine (C=N–C) groups is 2. The third kappa shape index (κ3) is 26.9. The average Bonchev–Trinajstić information content (AvgIpc) is 3.08. The fourth-order valence-electron chi connectivity index (χ4n) is 5.19. The van der Waals surface area contributed by atoms with Crippen LogP contribution in [0.2, 0.25) is 0 Å². The number of nitrogens with zero attached hydrogens (tertiary/aromatic N) is 4. The highest BCUT2D eigenvalue weighted by Crippen LogP contribution is 2.20. The Morgan fingerprint density at radius 1 is 0.562 bits per heavy atom. The van der Waals surface area contributed by atoms with Gasteiger partial charge in [-0.1, -0.05) is 19.3 Å². The molecular weight excluding hydrogens is 827 g/mol. The lowest BCUT2D eigenvalue weighted by atomic mass is 10.1. The van der Waals surface area contributed by atoms with Gasteiger partial charge in [-0.15, -0.1) is 4.99 Å². The molecule has 0 unspecified atom stereocenters. The van der Waals surface area contributed by atoms with E-state index in [0.29, 0.717) is 63.0 Å². The average molecular weight is 904 g/mol. The molecular formula is C46H77N7O11. The Balaban J connectivity index is 3.33. The van der Waals surface area contributed by atoms with Crippen molar-refractivity contribution >= 4 is 48.1 Å². The van der Waals surface area contributed by atoms with Crippen LogP contribution in [0.4, 0.5) is 24.0 Å². The second-order valence-corrected chi connectivity index (χ2v) is 20.1. The van der Waals surface area contributed by atoms with Gasteiger partial charge in [-0.25, -0.2) is 33.8 Å². The molecule has 3 N–H and O–H groups in total. The summed E-state index contributed by atoms with van der Waals surface area (Å²) in [6.07, 6.45) is -0.375. The fourth-order valence-corrected chi connectivity index (χ4v) is 5.19. The van der Waals surface area contributed by atoms with E-state index in [1.807, 2.05) is 0 Å². The quantitative estimate of drug-likeness (QED) is 0.0650. The highest BCUT2D eigenvalue weighted by molar-refractivity contribution is 6.05. The zero-order valence-corrected chi connectivity index (χ0v) is 41.4. The van der Waals surface area contributed by atoms with Crippen molar-refractivity contribution < 1.29 is 52.4 Å². The number of hydrogen-bond donors (Lipinski definition) is 3. The van der Waals surface area contributed by atoms with E-state index in [1.165, 1.54) is 4.90 Å². The van der Waals surface area contributed by atoms with Crippen LogP contribution >= 0.6 is 0 Å². The number of ether oxygens (including phenoxy) is 6. The first-order chi connectivity index (χ1) is 29.2. The van der Waals surface area contributed by atoms with E-state index in [-0.39, 0.29) is 31.6 Å². The molecule has 0 aliphatic rings. The predicted octanol–water partition coefficient (Wildman–Crippen LogP) is 10.4. The highest BCUT2D eigenvalue weighted by Gasteiger charge is 2.35. The Kier molecular flexibility index (Phi) is 22.3. The van der Waals surface area contributed by atoms with Gasteiger partial charge in [-0.2, -0.15) is 0 Å². The van der Waals surface area contributed by atoms with E-state index in [0.717, 1.165) is 10.5 Å². The molecule has 1 aromatic carbocycles. The lowest BCUT2D eigenvalue weighted by Gasteiger charge is -2.34. The third-order valence-corrected chi connectivity index (χ3v) is 7.68. The molecule has 0 bridgehead atoms. The Bertz CT molecular complexity index is 1730. The van der Waals surface area contributed by atoms with Crippen molar-refractivity contribution in [1.82, 2.24) is 20.4 Å². The Hall–Kier alpha value is -5.42. The van der Waals surface area contributed by atoms with Gasteiger partial charge in [-0.05, 0) is 166 Å². The van der Waals surface area contributed by atoms with Gasteiger partial charge in [0.2, 0.25) is 11.9 Å². The SMILES string of the molecule is CC(=N)c1ccc(OCCCCN(C(=O)OC(C)(C)C)C(=NC(=O)OC(C)(C)C)N(CCCCCCCN=C(NC(=O)OC(C)(C)C)NC(=O)OC(C)(C)C)C(=O)OC(C)(C)C)cc1. The molecule has 1 aromatic rings. The first kappa shape index (κ1) is 56.6. The van der Waals surface area contributed by atoms with Crippen molar-refractivity contribution in [2.24, 2.45) is 9.98 Å². The van der Waals surface area contributed by atoms with Gasteiger partial charge >= 0.3 is 30.5 Å². The maximum absolute atomic E-state index is 14.0. The van der Waals surface area contributed by atoms with Crippen molar-refractivity contribution in [2.45, 2.75) is 184 Å². The van der Waals surface area contributed by atoms with Crippen molar-refractivity contribution in [3.8, 4) is 5.75 Å². The lowest BCUT2D eigenvalue weighted by molar-refractivity contribution is 0.0269. The van der Waals surface area contributed by atoms with Crippen LogP contribution in [-0.2, 0) is 23.7 Å². The number of amides is 5. The second-order valence-electron chi connectivity index (χ2n) is 20.1. The maximum Gasteiger partial charge on any atom is 0.437 e. The second kappa shape index (κ2) is 25.2. The zero-order chi connectivity index (χ0) is 49.1. The van der Waals surface area contributed by atoms with Crippen LogP contribution in [0.1, 0.15) is 161 Å². The molecule has 64 heavy (non-hydrogen) atoms. The maximum atomic E-state index is 14.0. The monoisotopic (exact) mass is 904 g/mol. The van der Waals surface area contributed by atoms with Crippen LogP contribution in [-0.4, -0.2) is 112 Å². The van der Waals surface area contributed by atoms with E-state index in [1.54, 1.807) is 135 Å². The lowest BCUT2D eigenvalue weighted by Crippen LogP contribution is -2.53. The molecule has 0 aliphatic heterocycles. The van der Waals surface area contributed by atoms with Crippen molar-refractivity contribution in [1.29, 1.82) is 5.41 Å². The molecule has 0 saturated carbocycles. The number of unbranched alkanes of at least 4 members (excludes halogenated alkanes) is 5. The topological polar surface area (TPSA) is 220 Å². The van der Waals surface area contributed by atoms with Crippen LogP contribution in [0.5, 0.6) is 5.75 Å². The van der Waals surface area contributed by atoms with Crippen LogP contribution in [0.3, 0.4) is 0 Å².